The van der Waals surface area contributed by atoms with Crippen LogP contribution in [0.2, 0.25) is 0 Å². The summed E-state index contributed by atoms with van der Waals surface area (Å²) in [7, 11) is 0. The molecule has 0 aromatic heterocycles. The summed E-state index contributed by atoms with van der Waals surface area (Å²) in [6.45, 7) is 1.33. The van der Waals surface area contributed by atoms with E-state index in [0.717, 1.165) is 6.07 Å². The van der Waals surface area contributed by atoms with E-state index in [4.69, 9.17) is 0 Å². The molecule has 0 aliphatic carbocycles. The lowest BCUT2D eigenvalue weighted by Crippen LogP contribution is -2.20. The van der Waals surface area contributed by atoms with Crippen LogP contribution in [0.1, 0.15) is 11.1 Å². The highest BCUT2D eigenvalue weighted by Gasteiger charge is 2.40. The monoisotopic (exact) mass is 322 g/mol. The van der Waals surface area contributed by atoms with Crippen LogP contribution in [0.3, 0.4) is 0 Å². The van der Waals surface area contributed by atoms with Crippen LogP contribution in [0.4, 0.5) is 26.3 Å². The Hall–Kier alpha value is -0.920. The van der Waals surface area contributed by atoms with E-state index in [-0.39, 0.29) is 5.56 Å². The zero-order valence-electron chi connectivity index (χ0n) is 8.21. The van der Waals surface area contributed by atoms with Crippen molar-refractivity contribution in [1.82, 2.24) is 0 Å². The first-order chi connectivity index (χ1) is 7.50. The third kappa shape index (κ3) is 3.79. The summed E-state index contributed by atoms with van der Waals surface area (Å²) in [5.41, 5.74) is -1.31. The number of halogens is 7. The molecule has 17 heavy (non-hydrogen) atoms. The van der Waals surface area contributed by atoms with Gasteiger partial charge in [-0.25, -0.2) is 0 Å². The lowest BCUT2D eigenvalue weighted by molar-refractivity contribution is -0.276. The maximum atomic E-state index is 12.5. The van der Waals surface area contributed by atoms with Gasteiger partial charge in [-0.3, -0.25) is 0 Å². The molecule has 0 radical (unpaired) electrons. The Morgan fingerprint density at radius 1 is 1.06 bits per heavy atom. The Morgan fingerprint density at radius 2 is 1.59 bits per heavy atom. The van der Waals surface area contributed by atoms with Crippen LogP contribution >= 0.6 is 15.9 Å². The summed E-state index contributed by atoms with van der Waals surface area (Å²) >= 11 is 2.62. The Labute approximate surface area is 101 Å². The Kier molecular flexibility index (Phi) is 3.66. The van der Waals surface area contributed by atoms with Gasteiger partial charge < -0.3 is 4.74 Å². The lowest BCUT2D eigenvalue weighted by Gasteiger charge is -2.17. The summed E-state index contributed by atoms with van der Waals surface area (Å²) < 4.78 is 76.5. The molecule has 0 atom stereocenters. The Morgan fingerprint density at radius 3 is 2.00 bits per heavy atom. The van der Waals surface area contributed by atoms with E-state index >= 15 is 0 Å². The molecule has 0 heterocycles. The molecule has 0 N–H and O–H groups in total. The number of hydrogen-bond donors (Lipinski definition) is 0. The first-order valence-corrected chi connectivity index (χ1v) is 4.93. The molecular weight excluding hydrogens is 318 g/mol. The van der Waals surface area contributed by atoms with Crippen molar-refractivity contribution >= 4 is 15.9 Å². The molecule has 0 saturated carbocycles. The first-order valence-electron chi connectivity index (χ1n) is 4.14. The molecule has 0 aliphatic rings. The smallest absolute Gasteiger partial charge is 0.404 e. The first kappa shape index (κ1) is 14.1. The molecule has 0 saturated heterocycles. The van der Waals surface area contributed by atoms with E-state index in [9.17, 15) is 26.3 Å². The van der Waals surface area contributed by atoms with Gasteiger partial charge >= 0.3 is 12.5 Å². The van der Waals surface area contributed by atoms with Crippen molar-refractivity contribution in [3.8, 4) is 5.75 Å². The highest BCUT2D eigenvalue weighted by Crippen LogP contribution is 2.43. The van der Waals surface area contributed by atoms with Crippen molar-refractivity contribution in [3.05, 3.63) is 27.7 Å². The van der Waals surface area contributed by atoms with E-state index in [0.29, 0.717) is 6.07 Å². The van der Waals surface area contributed by atoms with Crippen LogP contribution < -0.4 is 4.74 Å². The van der Waals surface area contributed by atoms with Crippen LogP contribution in [0.25, 0.3) is 0 Å². The second-order valence-electron chi connectivity index (χ2n) is 3.17. The van der Waals surface area contributed by atoms with Crippen molar-refractivity contribution in [3.63, 3.8) is 0 Å². The zero-order chi connectivity index (χ0) is 13.4. The van der Waals surface area contributed by atoms with E-state index in [2.05, 4.69) is 20.7 Å². The third-order valence-corrected chi connectivity index (χ3v) is 2.30. The number of benzene rings is 1. The fourth-order valence-electron chi connectivity index (χ4n) is 1.16. The van der Waals surface area contributed by atoms with E-state index in [1.165, 1.54) is 6.92 Å². The standard InChI is InChI=1S/C9H5BrF6O/c1-4-2-5(8(11,12)13)7(6(10)3-4)17-9(14,15)16/h2-3H,1H3. The SMILES string of the molecule is Cc1cc(Br)c(OC(F)(F)F)c(C(F)(F)F)c1. The van der Waals surface area contributed by atoms with E-state index in [1.807, 2.05) is 0 Å². The quantitative estimate of drug-likeness (QED) is 0.682. The van der Waals surface area contributed by atoms with Crippen molar-refractivity contribution in [2.45, 2.75) is 19.5 Å². The maximum absolute atomic E-state index is 12.5. The Bertz CT molecular complexity index is 423. The molecule has 8 heteroatoms. The number of rotatable bonds is 1. The van der Waals surface area contributed by atoms with Gasteiger partial charge in [0.2, 0.25) is 0 Å². The zero-order valence-corrected chi connectivity index (χ0v) is 9.79. The van der Waals surface area contributed by atoms with Gasteiger partial charge in [-0.2, -0.15) is 13.2 Å². The van der Waals surface area contributed by atoms with Gasteiger partial charge in [-0.1, -0.05) is 0 Å². The van der Waals surface area contributed by atoms with Crippen LogP contribution in [-0.2, 0) is 6.18 Å². The summed E-state index contributed by atoms with van der Waals surface area (Å²) in [5.74, 6) is -1.28. The van der Waals surface area contributed by atoms with Gasteiger partial charge in [0.05, 0.1) is 10.0 Å². The molecule has 0 amide bonds. The maximum Gasteiger partial charge on any atom is 0.573 e. The molecular formula is C9H5BrF6O. The van der Waals surface area contributed by atoms with Crippen molar-refractivity contribution in [2.24, 2.45) is 0 Å². The predicted molar refractivity (Wildman–Crippen MR) is 50.6 cm³/mol. The van der Waals surface area contributed by atoms with Gasteiger partial charge in [-0.15, -0.1) is 13.2 Å². The fourth-order valence-corrected chi connectivity index (χ4v) is 1.81. The highest BCUT2D eigenvalue weighted by atomic mass is 79.9. The molecule has 1 nitrogen and oxygen atoms in total. The average molecular weight is 323 g/mol. The minimum atomic E-state index is -5.18. The molecule has 0 fully saturated rings. The lowest BCUT2D eigenvalue weighted by atomic mass is 10.1. The van der Waals surface area contributed by atoms with Gasteiger partial charge in [0.25, 0.3) is 0 Å². The molecule has 1 aromatic carbocycles. The van der Waals surface area contributed by atoms with Gasteiger partial charge in [-0.05, 0) is 40.5 Å². The van der Waals surface area contributed by atoms with E-state index < -0.39 is 28.3 Å². The predicted octanol–water partition coefficient (Wildman–Crippen LogP) is 4.67. The molecule has 96 valence electrons. The Balaban J connectivity index is 3.36. The van der Waals surface area contributed by atoms with Crippen molar-refractivity contribution in [2.75, 3.05) is 0 Å². The van der Waals surface area contributed by atoms with Gasteiger partial charge in [0.1, 0.15) is 0 Å². The summed E-state index contributed by atoms with van der Waals surface area (Å²) in [4.78, 5) is 0. The van der Waals surface area contributed by atoms with Gasteiger partial charge in [0, 0.05) is 0 Å². The third-order valence-electron chi connectivity index (χ3n) is 1.71. The molecule has 1 rings (SSSR count). The van der Waals surface area contributed by atoms with E-state index in [1.54, 1.807) is 0 Å². The van der Waals surface area contributed by atoms with Crippen molar-refractivity contribution < 1.29 is 31.1 Å². The largest absolute Gasteiger partial charge is 0.573 e. The normalized spacial score (nSPS) is 12.7. The highest BCUT2D eigenvalue weighted by molar-refractivity contribution is 9.10. The number of aryl methyl sites for hydroxylation is 1. The minimum Gasteiger partial charge on any atom is -0.404 e. The summed E-state index contributed by atoms with van der Waals surface area (Å²) in [6.07, 6.45) is -10.1. The fraction of sp³-hybridized carbons (Fsp3) is 0.333. The number of alkyl halides is 6. The van der Waals surface area contributed by atoms with Gasteiger partial charge in [0.15, 0.2) is 5.75 Å². The molecule has 0 spiro atoms. The van der Waals surface area contributed by atoms with Crippen LogP contribution in [0.15, 0.2) is 16.6 Å². The van der Waals surface area contributed by atoms with Crippen molar-refractivity contribution in [1.29, 1.82) is 0 Å². The number of hydrogen-bond acceptors (Lipinski definition) is 1. The summed E-state index contributed by atoms with van der Waals surface area (Å²) in [5, 5.41) is 0. The second kappa shape index (κ2) is 4.40. The van der Waals surface area contributed by atoms with Crippen LogP contribution in [-0.4, -0.2) is 6.36 Å². The number of ether oxygens (including phenoxy) is 1. The molecule has 0 bridgehead atoms. The van der Waals surface area contributed by atoms with Crippen LogP contribution in [0.5, 0.6) is 5.75 Å². The molecule has 0 aliphatic heterocycles. The topological polar surface area (TPSA) is 9.23 Å². The molecule has 0 unspecified atom stereocenters. The van der Waals surface area contributed by atoms with Crippen LogP contribution in [0, 0.1) is 6.92 Å². The molecule has 1 aromatic rings. The minimum absolute atomic E-state index is 0.165. The second-order valence-corrected chi connectivity index (χ2v) is 4.02. The summed E-state index contributed by atoms with van der Waals surface area (Å²) in [6, 6.07) is 1.70. The average Bonchev–Trinajstić information content (AvgIpc) is 2.05.